The summed E-state index contributed by atoms with van der Waals surface area (Å²) < 4.78 is 11.1. The molecule has 182 valence electrons. The van der Waals surface area contributed by atoms with Gasteiger partial charge in [-0.05, 0) is 43.9 Å². The Morgan fingerprint density at radius 2 is 1.52 bits per heavy atom. The van der Waals surface area contributed by atoms with Gasteiger partial charge in [0.25, 0.3) is 0 Å². The van der Waals surface area contributed by atoms with Crippen LogP contribution in [0.4, 0.5) is 4.79 Å². The molecule has 2 aromatic rings. The lowest BCUT2D eigenvalue weighted by Crippen LogP contribution is -2.39. The molecular weight excluding hydrogens is 531 g/mol. The van der Waals surface area contributed by atoms with Crippen LogP contribution in [0.25, 0.3) is 0 Å². The van der Waals surface area contributed by atoms with Gasteiger partial charge in [0.1, 0.15) is 5.60 Å². The molecule has 0 saturated heterocycles. The Bertz CT molecular complexity index is 854. The fourth-order valence-corrected chi connectivity index (χ4v) is 2.92. The summed E-state index contributed by atoms with van der Waals surface area (Å²) in [6, 6.07) is 18.4. The van der Waals surface area contributed by atoms with Crippen molar-refractivity contribution in [2.45, 2.75) is 52.6 Å². The van der Waals surface area contributed by atoms with E-state index in [1.54, 1.807) is 7.05 Å². The Kier molecular flexibility index (Phi) is 13.5. The molecule has 0 aromatic heterocycles. The van der Waals surface area contributed by atoms with Gasteiger partial charge >= 0.3 is 6.09 Å². The van der Waals surface area contributed by atoms with E-state index in [0.29, 0.717) is 38.8 Å². The SMILES string of the molecule is CN=C(NCCCNC(=O)OC(C)(C)C)NCc1ccccc1COCc1ccccc1.I. The number of nitrogens with zero attached hydrogens (tertiary/aromatic N) is 1. The highest BCUT2D eigenvalue weighted by molar-refractivity contribution is 14.0. The van der Waals surface area contributed by atoms with E-state index in [0.717, 1.165) is 23.1 Å². The monoisotopic (exact) mass is 568 g/mol. The highest BCUT2D eigenvalue weighted by atomic mass is 127. The number of rotatable bonds is 10. The van der Waals surface area contributed by atoms with Gasteiger partial charge in [0.05, 0.1) is 13.2 Å². The smallest absolute Gasteiger partial charge is 0.407 e. The summed E-state index contributed by atoms with van der Waals surface area (Å²) in [4.78, 5) is 15.9. The molecule has 0 aliphatic rings. The maximum absolute atomic E-state index is 11.7. The minimum Gasteiger partial charge on any atom is -0.444 e. The molecule has 0 unspecified atom stereocenters. The molecule has 2 rings (SSSR count). The van der Waals surface area contributed by atoms with Crippen molar-refractivity contribution < 1.29 is 14.3 Å². The molecule has 0 aliphatic carbocycles. The predicted octanol–water partition coefficient (Wildman–Crippen LogP) is 4.60. The fraction of sp³-hybridized carbons (Fsp3) is 0.440. The van der Waals surface area contributed by atoms with Gasteiger partial charge in [0.15, 0.2) is 5.96 Å². The number of guanidine groups is 1. The van der Waals surface area contributed by atoms with Crippen LogP contribution in [0, 0.1) is 0 Å². The number of benzene rings is 2. The highest BCUT2D eigenvalue weighted by Gasteiger charge is 2.15. The Balaban J connectivity index is 0.00000544. The molecular formula is C25H37IN4O3. The highest BCUT2D eigenvalue weighted by Crippen LogP contribution is 2.12. The van der Waals surface area contributed by atoms with E-state index in [-0.39, 0.29) is 24.0 Å². The second-order valence-corrected chi connectivity index (χ2v) is 8.38. The van der Waals surface area contributed by atoms with Gasteiger partial charge in [0.2, 0.25) is 0 Å². The molecule has 1 amide bonds. The van der Waals surface area contributed by atoms with E-state index in [4.69, 9.17) is 9.47 Å². The summed E-state index contributed by atoms with van der Waals surface area (Å²) in [6.45, 7) is 8.52. The van der Waals surface area contributed by atoms with Crippen LogP contribution in [0.3, 0.4) is 0 Å². The Labute approximate surface area is 214 Å². The van der Waals surface area contributed by atoms with Crippen LogP contribution in [0.2, 0.25) is 0 Å². The molecule has 0 aliphatic heterocycles. The quantitative estimate of drug-likeness (QED) is 0.169. The second-order valence-electron chi connectivity index (χ2n) is 8.38. The third-order valence-corrected chi connectivity index (χ3v) is 4.47. The van der Waals surface area contributed by atoms with Crippen molar-refractivity contribution in [2.24, 2.45) is 4.99 Å². The van der Waals surface area contributed by atoms with Crippen molar-refractivity contribution in [1.29, 1.82) is 0 Å². The normalized spacial score (nSPS) is 11.3. The van der Waals surface area contributed by atoms with Crippen LogP contribution in [0.15, 0.2) is 59.6 Å². The summed E-state index contributed by atoms with van der Waals surface area (Å²) in [7, 11) is 1.74. The number of aliphatic imine (C=N–C) groups is 1. The summed E-state index contributed by atoms with van der Waals surface area (Å²) in [5.41, 5.74) is 2.98. The lowest BCUT2D eigenvalue weighted by molar-refractivity contribution is 0.0527. The van der Waals surface area contributed by atoms with E-state index in [1.807, 2.05) is 51.1 Å². The average molecular weight is 569 g/mol. The largest absolute Gasteiger partial charge is 0.444 e. The molecule has 0 fully saturated rings. The van der Waals surface area contributed by atoms with E-state index in [1.165, 1.54) is 0 Å². The molecule has 33 heavy (non-hydrogen) atoms. The lowest BCUT2D eigenvalue weighted by atomic mass is 10.1. The van der Waals surface area contributed by atoms with Crippen LogP contribution in [-0.4, -0.2) is 37.8 Å². The molecule has 3 N–H and O–H groups in total. The molecule has 0 radical (unpaired) electrons. The van der Waals surface area contributed by atoms with Crippen LogP contribution in [0.1, 0.15) is 43.9 Å². The number of hydrogen-bond acceptors (Lipinski definition) is 4. The minimum absolute atomic E-state index is 0. The van der Waals surface area contributed by atoms with Crippen molar-refractivity contribution in [3.8, 4) is 0 Å². The number of hydrogen-bond donors (Lipinski definition) is 3. The van der Waals surface area contributed by atoms with Crippen LogP contribution in [-0.2, 0) is 29.2 Å². The van der Waals surface area contributed by atoms with Crippen molar-refractivity contribution in [3.63, 3.8) is 0 Å². The molecule has 7 nitrogen and oxygen atoms in total. The Morgan fingerprint density at radius 1 is 0.879 bits per heavy atom. The van der Waals surface area contributed by atoms with Gasteiger partial charge < -0.3 is 25.4 Å². The average Bonchev–Trinajstić information content (AvgIpc) is 2.76. The van der Waals surface area contributed by atoms with E-state index >= 15 is 0 Å². The molecule has 0 heterocycles. The van der Waals surface area contributed by atoms with Crippen molar-refractivity contribution in [1.82, 2.24) is 16.0 Å². The summed E-state index contributed by atoms with van der Waals surface area (Å²) in [5.74, 6) is 0.710. The van der Waals surface area contributed by atoms with Crippen LogP contribution < -0.4 is 16.0 Å². The Morgan fingerprint density at radius 3 is 2.18 bits per heavy atom. The zero-order chi connectivity index (χ0) is 23.2. The molecule has 0 saturated carbocycles. The second kappa shape index (κ2) is 15.5. The van der Waals surface area contributed by atoms with Gasteiger partial charge in [-0.15, -0.1) is 24.0 Å². The molecule has 0 atom stereocenters. The number of nitrogens with one attached hydrogen (secondary N) is 3. The number of amides is 1. The summed E-state index contributed by atoms with van der Waals surface area (Å²) in [5, 5.41) is 9.35. The van der Waals surface area contributed by atoms with Gasteiger partial charge in [-0.2, -0.15) is 0 Å². The first-order valence-corrected chi connectivity index (χ1v) is 11.0. The first kappa shape index (κ1) is 28.7. The lowest BCUT2D eigenvalue weighted by Gasteiger charge is -2.19. The molecule has 2 aromatic carbocycles. The van der Waals surface area contributed by atoms with Crippen molar-refractivity contribution in [3.05, 3.63) is 71.3 Å². The number of halogens is 1. The maximum atomic E-state index is 11.7. The molecule has 0 bridgehead atoms. The third-order valence-electron chi connectivity index (χ3n) is 4.47. The van der Waals surface area contributed by atoms with Gasteiger partial charge in [0, 0.05) is 26.7 Å². The number of carbonyl (C=O) groups excluding carboxylic acids is 1. The first-order chi connectivity index (χ1) is 15.4. The summed E-state index contributed by atoms with van der Waals surface area (Å²) >= 11 is 0. The van der Waals surface area contributed by atoms with E-state index < -0.39 is 11.7 Å². The standard InChI is InChI=1S/C25H36N4O3.HI/c1-25(2,3)32-24(30)28-16-10-15-27-23(26-4)29-17-21-13-8-9-14-22(21)19-31-18-20-11-6-5-7-12-20;/h5-9,11-14H,10,15-19H2,1-4H3,(H,28,30)(H2,26,27,29);1H. The van der Waals surface area contributed by atoms with Crippen molar-refractivity contribution >= 4 is 36.0 Å². The van der Waals surface area contributed by atoms with Gasteiger partial charge in [-0.1, -0.05) is 54.6 Å². The number of carbonyl (C=O) groups is 1. The van der Waals surface area contributed by atoms with Gasteiger partial charge in [-0.3, -0.25) is 4.99 Å². The van der Waals surface area contributed by atoms with Crippen molar-refractivity contribution in [2.75, 3.05) is 20.1 Å². The number of ether oxygens (including phenoxy) is 2. The topological polar surface area (TPSA) is 84.0 Å². The van der Waals surface area contributed by atoms with Crippen LogP contribution >= 0.6 is 24.0 Å². The van der Waals surface area contributed by atoms with E-state index in [2.05, 4.69) is 45.2 Å². The van der Waals surface area contributed by atoms with Gasteiger partial charge in [-0.25, -0.2) is 4.79 Å². The zero-order valence-electron chi connectivity index (χ0n) is 20.0. The number of alkyl carbamates (subject to hydrolysis) is 1. The first-order valence-electron chi connectivity index (χ1n) is 11.0. The maximum Gasteiger partial charge on any atom is 0.407 e. The third kappa shape index (κ3) is 12.5. The van der Waals surface area contributed by atoms with Crippen LogP contribution in [0.5, 0.6) is 0 Å². The zero-order valence-corrected chi connectivity index (χ0v) is 22.3. The Hall–Kier alpha value is -2.33. The molecule has 8 heteroatoms. The fourth-order valence-electron chi connectivity index (χ4n) is 2.92. The predicted molar refractivity (Wildman–Crippen MR) is 144 cm³/mol. The van der Waals surface area contributed by atoms with E-state index in [9.17, 15) is 4.79 Å². The minimum atomic E-state index is -0.489. The summed E-state index contributed by atoms with van der Waals surface area (Å²) in [6.07, 6.45) is 0.357. The molecule has 0 spiro atoms.